The molecule has 0 bridgehead atoms. The molecule has 5 heteroatoms. The van der Waals surface area contributed by atoms with Gasteiger partial charge in [-0.15, -0.1) is 0 Å². The van der Waals surface area contributed by atoms with Crippen molar-refractivity contribution in [3.63, 3.8) is 0 Å². The van der Waals surface area contributed by atoms with Gasteiger partial charge >= 0.3 is 0 Å². The van der Waals surface area contributed by atoms with Crippen molar-refractivity contribution in [1.29, 1.82) is 0 Å². The van der Waals surface area contributed by atoms with Crippen LogP contribution in [0.4, 0.5) is 0 Å². The lowest BCUT2D eigenvalue weighted by molar-refractivity contribution is 0.584. The fourth-order valence-corrected chi connectivity index (χ4v) is 3.22. The molecule has 2 aromatic rings. The lowest BCUT2D eigenvalue weighted by Gasteiger charge is -2.05. The van der Waals surface area contributed by atoms with Gasteiger partial charge in [0.1, 0.15) is 0 Å². The molecule has 1 heterocycles. The van der Waals surface area contributed by atoms with E-state index in [1.54, 1.807) is 6.92 Å². The molecule has 0 amide bonds. The lowest BCUT2D eigenvalue weighted by Crippen LogP contribution is -2.28. The summed E-state index contributed by atoms with van der Waals surface area (Å²) in [6, 6.07) is 7.98. The molecule has 0 saturated carbocycles. The molecule has 0 aliphatic rings. The van der Waals surface area contributed by atoms with E-state index in [2.05, 4.69) is 16.3 Å². The van der Waals surface area contributed by atoms with E-state index in [9.17, 15) is 8.42 Å². The highest BCUT2D eigenvalue weighted by Gasteiger charge is 2.10. The molecule has 0 unspecified atom stereocenters. The highest BCUT2D eigenvalue weighted by molar-refractivity contribution is 7.89. The van der Waals surface area contributed by atoms with E-state index >= 15 is 0 Å². The molecule has 0 aliphatic heterocycles. The Morgan fingerprint density at radius 2 is 2.11 bits per heavy atom. The number of aromatic amines is 1. The van der Waals surface area contributed by atoms with Crippen molar-refractivity contribution in [1.82, 2.24) is 9.71 Å². The van der Waals surface area contributed by atoms with Crippen molar-refractivity contribution in [2.45, 2.75) is 13.3 Å². The van der Waals surface area contributed by atoms with Crippen molar-refractivity contribution in [3.05, 3.63) is 48.2 Å². The number of para-hydroxylation sites is 1. The van der Waals surface area contributed by atoms with Crippen LogP contribution in [0, 0.1) is 0 Å². The summed E-state index contributed by atoms with van der Waals surface area (Å²) < 4.78 is 25.9. The van der Waals surface area contributed by atoms with Gasteiger partial charge in [-0.1, -0.05) is 30.4 Å². The van der Waals surface area contributed by atoms with E-state index < -0.39 is 10.0 Å². The molecule has 0 atom stereocenters. The Hall–Kier alpha value is -1.59. The van der Waals surface area contributed by atoms with Crippen LogP contribution in [0.1, 0.15) is 12.5 Å². The topological polar surface area (TPSA) is 62.0 Å². The third-order valence-electron chi connectivity index (χ3n) is 2.83. The van der Waals surface area contributed by atoms with Crippen molar-refractivity contribution >= 4 is 20.9 Å². The normalized spacial score (nSPS) is 11.8. The largest absolute Gasteiger partial charge is 0.361 e. The minimum atomic E-state index is -3.25. The maximum atomic E-state index is 11.7. The van der Waals surface area contributed by atoms with Gasteiger partial charge in [-0.25, -0.2) is 13.1 Å². The van der Waals surface area contributed by atoms with Crippen LogP contribution >= 0.6 is 0 Å². The van der Waals surface area contributed by atoms with Crippen LogP contribution in [-0.2, 0) is 16.4 Å². The summed E-state index contributed by atoms with van der Waals surface area (Å²) >= 11 is 0. The second kappa shape index (κ2) is 5.59. The third kappa shape index (κ3) is 3.68. The van der Waals surface area contributed by atoms with E-state index in [0.717, 1.165) is 16.5 Å². The number of fused-ring (bicyclic) bond motifs is 1. The van der Waals surface area contributed by atoms with Gasteiger partial charge in [-0.05, 0) is 25.0 Å². The van der Waals surface area contributed by atoms with E-state index in [0.29, 0.717) is 18.5 Å². The summed E-state index contributed by atoms with van der Waals surface area (Å²) in [7, 11) is -3.25. The molecular formula is C14H18N2O2S. The van der Waals surface area contributed by atoms with Crippen LogP contribution in [0.2, 0.25) is 0 Å². The summed E-state index contributed by atoms with van der Waals surface area (Å²) in [6.07, 6.45) is 2.59. The summed E-state index contributed by atoms with van der Waals surface area (Å²) in [6.45, 7) is 5.72. The molecule has 102 valence electrons. The quantitative estimate of drug-likeness (QED) is 0.796. The molecule has 0 fully saturated rings. The summed E-state index contributed by atoms with van der Waals surface area (Å²) in [5.74, 6) is -0.0130. The summed E-state index contributed by atoms with van der Waals surface area (Å²) in [5, 5.41) is 1.14. The minimum Gasteiger partial charge on any atom is -0.361 e. The number of rotatable bonds is 6. The molecule has 0 radical (unpaired) electrons. The molecule has 2 N–H and O–H groups in total. The van der Waals surface area contributed by atoms with Crippen molar-refractivity contribution in [3.8, 4) is 0 Å². The zero-order valence-corrected chi connectivity index (χ0v) is 11.8. The molecule has 1 aromatic heterocycles. The lowest BCUT2D eigenvalue weighted by atomic mass is 10.1. The van der Waals surface area contributed by atoms with Crippen LogP contribution in [0.5, 0.6) is 0 Å². The Labute approximate surface area is 113 Å². The first kappa shape index (κ1) is 13.8. The van der Waals surface area contributed by atoms with E-state index in [4.69, 9.17) is 0 Å². The molecule has 0 saturated heterocycles. The number of hydrogen-bond donors (Lipinski definition) is 2. The first-order chi connectivity index (χ1) is 8.98. The van der Waals surface area contributed by atoms with Gasteiger partial charge in [0, 0.05) is 23.6 Å². The van der Waals surface area contributed by atoms with Gasteiger partial charge in [-0.2, -0.15) is 0 Å². The molecule has 1 aromatic carbocycles. The number of H-pyrrole nitrogens is 1. The fraction of sp³-hybridized carbons (Fsp3) is 0.286. The molecule has 0 spiro atoms. The van der Waals surface area contributed by atoms with Gasteiger partial charge < -0.3 is 4.98 Å². The molecule has 4 nitrogen and oxygen atoms in total. The Morgan fingerprint density at radius 3 is 2.84 bits per heavy atom. The smallest absolute Gasteiger partial charge is 0.215 e. The second-order valence-electron chi connectivity index (χ2n) is 4.72. The van der Waals surface area contributed by atoms with Gasteiger partial charge in [0.25, 0.3) is 0 Å². The van der Waals surface area contributed by atoms with Gasteiger partial charge in [0.2, 0.25) is 10.0 Å². The summed E-state index contributed by atoms with van der Waals surface area (Å²) in [4.78, 5) is 3.18. The average Bonchev–Trinajstić information content (AvgIpc) is 2.71. The predicted octanol–water partition coefficient (Wildman–Crippen LogP) is 2.21. The second-order valence-corrected chi connectivity index (χ2v) is 6.53. The zero-order valence-electron chi connectivity index (χ0n) is 10.9. The van der Waals surface area contributed by atoms with Crippen LogP contribution in [0.25, 0.3) is 10.9 Å². The standard InChI is InChI=1S/C14H18N2O2S/c1-11(2)10-19(17,18)16-8-7-12-9-15-14-6-4-3-5-13(12)14/h3-6,9,15-16H,1,7-8,10H2,2H3. The molecule has 2 rings (SSSR count). The molecule has 0 aliphatic carbocycles. The van der Waals surface area contributed by atoms with Crippen LogP contribution in [0.3, 0.4) is 0 Å². The maximum absolute atomic E-state index is 11.7. The maximum Gasteiger partial charge on any atom is 0.215 e. The molecular weight excluding hydrogens is 260 g/mol. The van der Waals surface area contributed by atoms with Gasteiger partial charge in [0.05, 0.1) is 5.75 Å². The number of hydrogen-bond acceptors (Lipinski definition) is 2. The number of nitrogens with one attached hydrogen (secondary N) is 2. The van der Waals surface area contributed by atoms with E-state index in [-0.39, 0.29) is 5.75 Å². The Morgan fingerprint density at radius 1 is 1.37 bits per heavy atom. The number of benzene rings is 1. The van der Waals surface area contributed by atoms with Crippen LogP contribution in [0.15, 0.2) is 42.6 Å². The average molecular weight is 278 g/mol. The van der Waals surface area contributed by atoms with E-state index in [1.807, 2.05) is 30.5 Å². The fourth-order valence-electron chi connectivity index (χ4n) is 2.06. The summed E-state index contributed by atoms with van der Waals surface area (Å²) in [5.41, 5.74) is 2.83. The Balaban J connectivity index is 1.98. The Bertz CT molecular complexity index is 686. The number of sulfonamides is 1. The minimum absolute atomic E-state index is 0.0130. The Kier molecular flexibility index (Phi) is 4.07. The van der Waals surface area contributed by atoms with Crippen molar-refractivity contribution in [2.24, 2.45) is 0 Å². The van der Waals surface area contributed by atoms with E-state index in [1.165, 1.54) is 0 Å². The zero-order chi connectivity index (χ0) is 13.9. The van der Waals surface area contributed by atoms with Gasteiger partial charge in [-0.3, -0.25) is 0 Å². The first-order valence-corrected chi connectivity index (χ1v) is 7.80. The highest BCUT2D eigenvalue weighted by Crippen LogP contribution is 2.17. The highest BCUT2D eigenvalue weighted by atomic mass is 32.2. The van der Waals surface area contributed by atoms with Gasteiger partial charge in [0.15, 0.2) is 0 Å². The third-order valence-corrected chi connectivity index (χ3v) is 4.34. The van der Waals surface area contributed by atoms with Crippen molar-refractivity contribution < 1.29 is 8.42 Å². The molecule has 19 heavy (non-hydrogen) atoms. The van der Waals surface area contributed by atoms with Crippen LogP contribution < -0.4 is 4.72 Å². The van der Waals surface area contributed by atoms with Crippen LogP contribution in [-0.4, -0.2) is 25.7 Å². The van der Waals surface area contributed by atoms with Crippen molar-refractivity contribution in [2.75, 3.05) is 12.3 Å². The number of aromatic nitrogens is 1. The first-order valence-electron chi connectivity index (χ1n) is 6.15. The monoisotopic (exact) mass is 278 g/mol. The predicted molar refractivity (Wildman–Crippen MR) is 78.6 cm³/mol. The SMILES string of the molecule is C=C(C)CS(=O)(=O)NCCc1c[nH]c2ccccc12.